The van der Waals surface area contributed by atoms with E-state index in [1.807, 2.05) is 0 Å². The molecule has 0 N–H and O–H groups in total. The molecule has 0 radical (unpaired) electrons. The van der Waals surface area contributed by atoms with Gasteiger partial charge >= 0.3 is 6.43 Å². The molecular formula is C18H12F4N8O. The molecule has 0 aliphatic heterocycles. The molecule has 0 atom stereocenters. The van der Waals surface area contributed by atoms with E-state index < -0.39 is 40.8 Å². The van der Waals surface area contributed by atoms with Gasteiger partial charge in [0.25, 0.3) is 11.8 Å². The van der Waals surface area contributed by atoms with Crippen LogP contribution in [0.3, 0.4) is 0 Å². The third-order valence-electron chi connectivity index (χ3n) is 4.99. The molecule has 1 aliphatic rings. The average Bonchev–Trinajstić information content (AvgIpc) is 3.19. The van der Waals surface area contributed by atoms with Gasteiger partial charge in [0.15, 0.2) is 5.82 Å². The van der Waals surface area contributed by atoms with Gasteiger partial charge in [0, 0.05) is 24.2 Å². The molecule has 1 fully saturated rings. The summed E-state index contributed by atoms with van der Waals surface area (Å²) in [6.45, 7) is -0.196. The van der Waals surface area contributed by atoms with Crippen LogP contribution in [-0.2, 0) is 12.0 Å². The molecule has 0 saturated heterocycles. The lowest BCUT2D eigenvalue weighted by molar-refractivity contribution is 0.116. The average molecular weight is 432 g/mol. The highest BCUT2D eigenvalue weighted by atomic mass is 19.3. The van der Waals surface area contributed by atoms with E-state index in [1.165, 1.54) is 0 Å². The van der Waals surface area contributed by atoms with Crippen molar-refractivity contribution in [1.29, 1.82) is 0 Å². The predicted octanol–water partition coefficient (Wildman–Crippen LogP) is 2.86. The Labute approximate surface area is 171 Å². The summed E-state index contributed by atoms with van der Waals surface area (Å²) in [5.74, 6) is -2.83. The fourth-order valence-corrected chi connectivity index (χ4v) is 3.22. The van der Waals surface area contributed by atoms with Crippen molar-refractivity contribution in [2.24, 2.45) is 0 Å². The van der Waals surface area contributed by atoms with Gasteiger partial charge in [-0.3, -0.25) is 9.97 Å². The van der Waals surface area contributed by atoms with E-state index in [1.54, 1.807) is 18.6 Å². The summed E-state index contributed by atoms with van der Waals surface area (Å²) in [5, 5.41) is 18.7. The van der Waals surface area contributed by atoms with E-state index in [0.29, 0.717) is 5.82 Å². The number of hydrogen-bond acceptors (Lipinski definition) is 8. The highest BCUT2D eigenvalue weighted by Gasteiger charge is 2.51. The Kier molecular flexibility index (Phi) is 4.45. The molecule has 0 spiro atoms. The molecular weight excluding hydrogens is 420 g/mol. The van der Waals surface area contributed by atoms with E-state index in [4.69, 9.17) is 0 Å². The van der Waals surface area contributed by atoms with Gasteiger partial charge < -0.3 is 4.42 Å². The van der Waals surface area contributed by atoms with Crippen molar-refractivity contribution in [3.05, 3.63) is 65.3 Å². The third-order valence-corrected chi connectivity index (χ3v) is 4.99. The summed E-state index contributed by atoms with van der Waals surface area (Å²) >= 11 is 0. The first-order chi connectivity index (χ1) is 15.0. The first-order valence-electron chi connectivity index (χ1n) is 9.11. The maximum absolute atomic E-state index is 14.6. The van der Waals surface area contributed by atoms with Crippen molar-refractivity contribution in [1.82, 2.24) is 40.4 Å². The lowest BCUT2D eigenvalue weighted by Gasteiger charge is -2.08. The van der Waals surface area contributed by atoms with Gasteiger partial charge in [0.05, 0.1) is 23.2 Å². The highest BCUT2D eigenvalue weighted by Crippen LogP contribution is 2.50. The fraction of sp³-hybridized carbons (Fsp3) is 0.278. The van der Waals surface area contributed by atoms with Crippen LogP contribution in [0.5, 0.6) is 0 Å². The Bertz CT molecular complexity index is 1240. The molecule has 158 valence electrons. The maximum atomic E-state index is 14.6. The first-order valence-corrected chi connectivity index (χ1v) is 9.11. The predicted molar refractivity (Wildman–Crippen MR) is 93.6 cm³/mol. The largest absolute Gasteiger partial charge is 0.415 e. The topological polar surface area (TPSA) is 108 Å². The lowest BCUT2D eigenvalue weighted by atomic mass is 10.0. The second kappa shape index (κ2) is 7.18. The molecule has 1 aromatic carbocycles. The molecule has 5 rings (SSSR count). The van der Waals surface area contributed by atoms with Gasteiger partial charge in [-0.05, 0) is 30.2 Å². The Morgan fingerprint density at radius 1 is 1.06 bits per heavy atom. The molecule has 9 nitrogen and oxygen atoms in total. The number of alkyl halides is 2. The zero-order valence-electron chi connectivity index (χ0n) is 15.6. The number of benzene rings is 1. The van der Waals surface area contributed by atoms with Gasteiger partial charge in [0.1, 0.15) is 11.6 Å². The van der Waals surface area contributed by atoms with E-state index in [0.717, 1.165) is 35.5 Å². The molecule has 3 aromatic heterocycles. The van der Waals surface area contributed by atoms with Crippen molar-refractivity contribution in [2.75, 3.05) is 0 Å². The molecule has 1 saturated carbocycles. The fourth-order valence-electron chi connectivity index (χ4n) is 3.22. The van der Waals surface area contributed by atoms with Crippen LogP contribution in [-0.4, -0.2) is 40.4 Å². The van der Waals surface area contributed by atoms with Crippen molar-refractivity contribution in [3.8, 4) is 11.5 Å². The van der Waals surface area contributed by atoms with Crippen LogP contribution in [0, 0.1) is 11.6 Å². The molecule has 0 bridgehead atoms. The molecule has 1 aliphatic carbocycles. The molecule has 0 amide bonds. The summed E-state index contributed by atoms with van der Waals surface area (Å²) in [7, 11) is 0. The number of hydrogen-bond donors (Lipinski definition) is 0. The second-order valence-corrected chi connectivity index (χ2v) is 6.99. The summed E-state index contributed by atoms with van der Waals surface area (Å²) in [6, 6.07) is 1.70. The minimum absolute atomic E-state index is 0.0665. The van der Waals surface area contributed by atoms with Gasteiger partial charge in [-0.1, -0.05) is 0 Å². The highest BCUT2D eigenvalue weighted by molar-refractivity contribution is 5.54. The quantitative estimate of drug-likeness (QED) is 0.428. The maximum Gasteiger partial charge on any atom is 0.314 e. The van der Waals surface area contributed by atoms with Crippen molar-refractivity contribution >= 4 is 0 Å². The van der Waals surface area contributed by atoms with Gasteiger partial charge in [-0.25, -0.2) is 8.78 Å². The lowest BCUT2D eigenvalue weighted by Crippen LogP contribution is -2.14. The second-order valence-electron chi connectivity index (χ2n) is 6.99. The van der Waals surface area contributed by atoms with Crippen molar-refractivity contribution < 1.29 is 22.0 Å². The molecule has 13 heteroatoms. The standard InChI is InChI=1S/C18H12F4N8O/c19-11-6-10(15-25-26-16(31-15)14(21)22)12(20)5-9(11)8-30-28-17(27-29-30)18(1-2-18)13-7-23-3-4-24-13/h3-7,14H,1-2,8H2. The van der Waals surface area contributed by atoms with Crippen LogP contribution < -0.4 is 0 Å². The number of aromatic nitrogens is 8. The monoisotopic (exact) mass is 432 g/mol. The van der Waals surface area contributed by atoms with Crippen LogP contribution in [0.25, 0.3) is 11.5 Å². The molecule has 3 heterocycles. The smallest absolute Gasteiger partial charge is 0.314 e. The first kappa shape index (κ1) is 19.2. The number of rotatable bonds is 6. The minimum Gasteiger partial charge on any atom is -0.415 e. The third kappa shape index (κ3) is 3.41. The van der Waals surface area contributed by atoms with Crippen molar-refractivity contribution in [2.45, 2.75) is 31.2 Å². The molecule has 0 unspecified atom stereocenters. The van der Waals surface area contributed by atoms with Gasteiger partial charge in [-0.2, -0.15) is 13.6 Å². The van der Waals surface area contributed by atoms with Crippen molar-refractivity contribution in [3.63, 3.8) is 0 Å². The Balaban J connectivity index is 1.39. The van der Waals surface area contributed by atoms with Crippen LogP contribution in [0.2, 0.25) is 0 Å². The van der Waals surface area contributed by atoms with E-state index in [9.17, 15) is 17.6 Å². The Morgan fingerprint density at radius 2 is 1.90 bits per heavy atom. The number of halogens is 4. The SMILES string of the molecule is Fc1cc(-c2nnc(C(F)F)o2)c(F)cc1Cn1nnc(C2(c3cnccn3)CC2)n1. The molecule has 4 aromatic rings. The zero-order valence-corrected chi connectivity index (χ0v) is 15.6. The minimum atomic E-state index is -3.02. The van der Waals surface area contributed by atoms with Crippen LogP contribution in [0.4, 0.5) is 17.6 Å². The summed E-state index contributed by atoms with van der Waals surface area (Å²) in [4.78, 5) is 9.51. The van der Waals surface area contributed by atoms with Crippen LogP contribution >= 0.6 is 0 Å². The Morgan fingerprint density at radius 3 is 2.58 bits per heavy atom. The van der Waals surface area contributed by atoms with Gasteiger partial charge in [-0.15, -0.1) is 20.4 Å². The normalized spacial score (nSPS) is 14.9. The van der Waals surface area contributed by atoms with Crippen LogP contribution in [0.1, 0.15) is 42.2 Å². The van der Waals surface area contributed by atoms with Gasteiger partial charge in [0.2, 0.25) is 0 Å². The molecule has 31 heavy (non-hydrogen) atoms. The number of tetrazole rings is 1. The number of nitrogens with zero attached hydrogens (tertiary/aromatic N) is 8. The zero-order chi connectivity index (χ0) is 21.6. The van der Waals surface area contributed by atoms with E-state index >= 15 is 0 Å². The van der Waals surface area contributed by atoms with Crippen LogP contribution in [0.15, 0.2) is 35.1 Å². The summed E-state index contributed by atoms with van der Waals surface area (Å²) in [6.07, 6.45) is 3.32. The van der Waals surface area contributed by atoms with E-state index in [-0.39, 0.29) is 12.1 Å². The van der Waals surface area contributed by atoms with E-state index in [2.05, 4.69) is 40.0 Å². The summed E-state index contributed by atoms with van der Waals surface area (Å²) < 4.78 is 58.9. The Hall–Kier alpha value is -3.77. The summed E-state index contributed by atoms with van der Waals surface area (Å²) in [5.41, 5.74) is -0.241.